The van der Waals surface area contributed by atoms with Crippen molar-refractivity contribution in [3.05, 3.63) is 0 Å². The molecule has 1 rings (SSSR count). The number of nitrogens with one attached hydrogen (secondary N) is 1. The van der Waals surface area contributed by atoms with Gasteiger partial charge in [0.2, 0.25) is 0 Å². The van der Waals surface area contributed by atoms with Crippen molar-refractivity contribution >= 4 is 17.8 Å². The van der Waals surface area contributed by atoms with E-state index in [0.29, 0.717) is 18.6 Å². The Hall–Kier alpha value is -1.83. The molecule has 4 unspecified atom stereocenters. The molecule has 1 fully saturated rings. The van der Waals surface area contributed by atoms with Crippen LogP contribution in [0.4, 0.5) is 4.79 Å². The summed E-state index contributed by atoms with van der Waals surface area (Å²) < 4.78 is 0. The zero-order valence-corrected chi connectivity index (χ0v) is 17.9. The minimum absolute atomic E-state index is 0.365. The van der Waals surface area contributed by atoms with Gasteiger partial charge in [0.15, 0.2) is 0 Å². The van der Waals surface area contributed by atoms with Crippen molar-refractivity contribution in [2.45, 2.75) is 83.0 Å². The van der Waals surface area contributed by atoms with Crippen LogP contribution in [0, 0.1) is 0 Å². The topological polar surface area (TPSA) is 181 Å². The van der Waals surface area contributed by atoms with Crippen LogP contribution in [0.3, 0.4) is 0 Å². The molecule has 4 atom stereocenters. The summed E-state index contributed by atoms with van der Waals surface area (Å²) in [4.78, 5) is 33.4. The van der Waals surface area contributed by atoms with Crippen LogP contribution >= 0.6 is 0 Å². The summed E-state index contributed by atoms with van der Waals surface area (Å²) >= 11 is 0. The van der Waals surface area contributed by atoms with Crippen LogP contribution in [0.25, 0.3) is 0 Å². The van der Waals surface area contributed by atoms with E-state index in [4.69, 9.17) is 14.8 Å². The summed E-state index contributed by atoms with van der Waals surface area (Å²) in [7, 11) is 0. The summed E-state index contributed by atoms with van der Waals surface area (Å²) in [6, 6.07) is 0. The molecule has 0 radical (unpaired) electrons. The summed E-state index contributed by atoms with van der Waals surface area (Å²) in [5.41, 5.74) is -0.641. The molecule has 1 saturated heterocycles. The number of hydroxylamine groups is 2. The van der Waals surface area contributed by atoms with E-state index in [0.717, 1.165) is 0 Å². The molecule has 0 bridgehead atoms. The number of aliphatic hydroxyl groups is 5. The minimum Gasteiger partial charge on any atom is -0.394 e. The highest BCUT2D eigenvalue weighted by Gasteiger charge is 2.47. The van der Waals surface area contributed by atoms with Crippen molar-refractivity contribution in [2.75, 3.05) is 13.2 Å². The summed E-state index contributed by atoms with van der Waals surface area (Å²) in [5.74, 6) is -0.440. The second-order valence-electron chi connectivity index (χ2n) is 8.57. The summed E-state index contributed by atoms with van der Waals surface area (Å²) in [6.07, 6.45) is -7.12. The second-order valence-corrected chi connectivity index (χ2v) is 8.57. The molecular weight excluding hydrogens is 402 g/mol. The van der Waals surface area contributed by atoms with Gasteiger partial charge in [-0.05, 0) is 27.7 Å². The molecule has 12 heteroatoms. The summed E-state index contributed by atoms with van der Waals surface area (Å²) in [5, 5.41) is 54.7. The maximum Gasteiger partial charge on any atom is 0.433 e. The normalized spacial score (nSPS) is 22.4. The lowest BCUT2D eigenvalue weighted by atomic mass is 9.81. The zero-order chi connectivity index (χ0) is 23.3. The highest BCUT2D eigenvalue weighted by molar-refractivity contribution is 5.87. The van der Waals surface area contributed by atoms with Crippen molar-refractivity contribution in [1.29, 1.82) is 0 Å². The smallest absolute Gasteiger partial charge is 0.394 e. The Morgan fingerprint density at radius 1 is 1.07 bits per heavy atom. The lowest BCUT2D eigenvalue weighted by Crippen LogP contribution is -2.61. The predicted octanol–water partition coefficient (Wildman–Crippen LogP) is -1.36. The van der Waals surface area contributed by atoms with Crippen LogP contribution < -0.4 is 5.32 Å². The van der Waals surface area contributed by atoms with E-state index in [1.807, 2.05) is 27.7 Å². The number of hydrogen-bond acceptors (Lipinski definition) is 11. The van der Waals surface area contributed by atoms with Crippen molar-refractivity contribution in [1.82, 2.24) is 10.4 Å². The Labute approximate surface area is 175 Å². The quantitative estimate of drug-likeness (QED) is 0.197. The van der Waals surface area contributed by atoms with Crippen LogP contribution in [0.15, 0.2) is 5.16 Å². The van der Waals surface area contributed by atoms with E-state index >= 15 is 0 Å². The fraction of sp³-hybridized carbons (Fsp3) is 0.833. The van der Waals surface area contributed by atoms with Crippen LogP contribution in [-0.2, 0) is 14.5 Å². The van der Waals surface area contributed by atoms with Crippen molar-refractivity contribution in [3.8, 4) is 0 Å². The highest BCUT2D eigenvalue weighted by atomic mass is 16.7. The molecule has 174 valence electrons. The molecule has 0 aromatic heterocycles. The molecule has 1 aliphatic heterocycles. The molecule has 0 aliphatic carbocycles. The van der Waals surface area contributed by atoms with E-state index in [1.54, 1.807) is 5.06 Å². The monoisotopic (exact) mass is 435 g/mol. The van der Waals surface area contributed by atoms with Crippen LogP contribution in [0.2, 0.25) is 0 Å². The Morgan fingerprint density at radius 2 is 1.57 bits per heavy atom. The number of nitrogens with zero attached hydrogens (tertiary/aromatic N) is 2. The predicted molar refractivity (Wildman–Crippen MR) is 104 cm³/mol. The molecule has 30 heavy (non-hydrogen) atoms. The van der Waals surface area contributed by atoms with Gasteiger partial charge in [-0.3, -0.25) is 9.63 Å². The van der Waals surface area contributed by atoms with Gasteiger partial charge in [0.05, 0.1) is 29.5 Å². The molecule has 1 amide bonds. The Balaban J connectivity index is 2.64. The van der Waals surface area contributed by atoms with Gasteiger partial charge >= 0.3 is 12.1 Å². The van der Waals surface area contributed by atoms with E-state index in [1.165, 1.54) is 6.92 Å². The number of carbonyl (C=O) groups is 2. The van der Waals surface area contributed by atoms with Gasteiger partial charge in [0.1, 0.15) is 18.3 Å². The molecule has 12 nitrogen and oxygen atoms in total. The third-order valence-electron chi connectivity index (χ3n) is 4.63. The Bertz CT molecular complexity index is 618. The number of carbonyl (C=O) groups excluding carboxylic acids is 2. The van der Waals surface area contributed by atoms with Crippen molar-refractivity contribution in [3.63, 3.8) is 0 Å². The van der Waals surface area contributed by atoms with E-state index in [9.17, 15) is 30.0 Å². The number of piperidine rings is 1. The molecule has 0 spiro atoms. The third kappa shape index (κ3) is 7.15. The number of oxime groups is 1. The van der Waals surface area contributed by atoms with Gasteiger partial charge < -0.3 is 35.7 Å². The first kappa shape index (κ1) is 26.2. The Morgan fingerprint density at radius 3 is 2.03 bits per heavy atom. The van der Waals surface area contributed by atoms with Gasteiger partial charge in [0, 0.05) is 26.3 Å². The average molecular weight is 435 g/mol. The summed E-state index contributed by atoms with van der Waals surface area (Å²) in [6.45, 7) is 7.45. The lowest BCUT2D eigenvalue weighted by molar-refractivity contribution is -0.253. The van der Waals surface area contributed by atoms with Crippen LogP contribution in [0.5, 0.6) is 0 Å². The van der Waals surface area contributed by atoms with E-state index in [2.05, 4.69) is 10.5 Å². The molecule has 0 saturated carbocycles. The van der Waals surface area contributed by atoms with Crippen molar-refractivity contribution < 1.29 is 44.8 Å². The zero-order valence-electron chi connectivity index (χ0n) is 17.9. The second kappa shape index (κ2) is 10.5. The van der Waals surface area contributed by atoms with Crippen LogP contribution in [0.1, 0.15) is 47.5 Å². The van der Waals surface area contributed by atoms with Gasteiger partial charge in [0.25, 0.3) is 0 Å². The van der Waals surface area contributed by atoms with E-state index < -0.39 is 60.7 Å². The number of amides is 1. The highest BCUT2D eigenvalue weighted by Crippen LogP contribution is 2.37. The molecular formula is C18H33N3O9. The standard InChI is InChI=1S/C18H33N3O9/c1-10(23)30-21-17(2,3)6-11(7-18(21,4)5)20-29-16(28)19-8-12(24)14(26)15(27)13(25)9-22/h12-15,22,24-27H,6-9H2,1-5H3,(H,19,28). The minimum atomic E-state index is -1.80. The third-order valence-corrected chi connectivity index (χ3v) is 4.63. The van der Waals surface area contributed by atoms with Gasteiger partial charge in [-0.1, -0.05) is 5.16 Å². The van der Waals surface area contributed by atoms with Crippen molar-refractivity contribution in [2.24, 2.45) is 5.16 Å². The Kier molecular flexibility index (Phi) is 9.14. The first-order chi connectivity index (χ1) is 13.7. The maximum absolute atomic E-state index is 11.8. The largest absolute Gasteiger partial charge is 0.433 e. The lowest BCUT2D eigenvalue weighted by Gasteiger charge is -2.50. The first-order valence-electron chi connectivity index (χ1n) is 9.54. The fourth-order valence-corrected chi connectivity index (χ4v) is 3.47. The maximum atomic E-state index is 11.8. The molecule has 0 aromatic rings. The van der Waals surface area contributed by atoms with Crippen LogP contribution in [-0.4, -0.2) is 97.0 Å². The molecule has 1 heterocycles. The number of hydrogen-bond donors (Lipinski definition) is 6. The molecule has 1 aliphatic rings. The van der Waals surface area contributed by atoms with Gasteiger partial charge in [-0.2, -0.15) is 0 Å². The molecule has 6 N–H and O–H groups in total. The molecule has 0 aromatic carbocycles. The SMILES string of the molecule is CC(=O)ON1C(C)(C)CC(=NOC(=O)NCC(O)C(O)C(O)C(O)CO)CC1(C)C. The van der Waals surface area contributed by atoms with E-state index in [-0.39, 0.29) is 0 Å². The average Bonchev–Trinajstić information content (AvgIpc) is 2.64. The number of rotatable bonds is 8. The number of aliphatic hydroxyl groups excluding tert-OH is 5. The van der Waals surface area contributed by atoms with Gasteiger partial charge in [-0.25, -0.2) is 4.79 Å². The fourth-order valence-electron chi connectivity index (χ4n) is 3.47. The first-order valence-corrected chi connectivity index (χ1v) is 9.54. The van der Waals surface area contributed by atoms with Gasteiger partial charge in [-0.15, -0.1) is 5.06 Å².